The Morgan fingerprint density at radius 3 is 2.81 bits per heavy atom. The fraction of sp³-hybridized carbons (Fsp3) is 0.769. The Balaban J connectivity index is 2.15. The Kier molecular flexibility index (Phi) is 5.95. The number of amides is 1. The van der Waals surface area contributed by atoms with Crippen LogP contribution in [-0.4, -0.2) is 18.0 Å². The van der Waals surface area contributed by atoms with Crippen molar-refractivity contribution in [1.29, 1.82) is 0 Å². The van der Waals surface area contributed by atoms with Gasteiger partial charge in [-0.2, -0.15) is 0 Å². The lowest BCUT2D eigenvalue weighted by Crippen LogP contribution is -2.49. The van der Waals surface area contributed by atoms with Crippen LogP contribution in [0.3, 0.4) is 0 Å². The molecule has 90 valence electrons. The van der Waals surface area contributed by atoms with Gasteiger partial charge in [0.1, 0.15) is 0 Å². The molecule has 0 saturated heterocycles. The molecular weight excluding hydrogens is 200 g/mol. The van der Waals surface area contributed by atoms with Gasteiger partial charge in [-0.1, -0.05) is 12.8 Å². The summed E-state index contributed by atoms with van der Waals surface area (Å²) in [6, 6.07) is 0.331. The summed E-state index contributed by atoms with van der Waals surface area (Å²) in [5, 5.41) is 3.03. The maximum absolute atomic E-state index is 11.6. The Hall–Kier alpha value is -1.01. The van der Waals surface area contributed by atoms with Gasteiger partial charge in [0.15, 0.2) is 0 Å². The van der Waals surface area contributed by atoms with E-state index in [2.05, 4.69) is 11.2 Å². The number of nitrogens with one attached hydrogen (secondary N) is 1. The van der Waals surface area contributed by atoms with Crippen LogP contribution in [0, 0.1) is 12.3 Å². The van der Waals surface area contributed by atoms with Gasteiger partial charge in [-0.15, -0.1) is 12.3 Å². The zero-order valence-corrected chi connectivity index (χ0v) is 9.87. The molecule has 2 unspecified atom stereocenters. The standard InChI is InChI=1S/C13H22N2O/c1-2-3-4-5-10-13(16)15-12-9-7-6-8-11(12)14/h1,11-12H,3-10,14H2,(H,15,16). The third-order valence-electron chi connectivity index (χ3n) is 3.14. The first kappa shape index (κ1) is 13.1. The topological polar surface area (TPSA) is 55.1 Å². The molecule has 1 rings (SSSR count). The molecule has 0 spiro atoms. The zero-order valence-electron chi connectivity index (χ0n) is 9.87. The molecule has 1 saturated carbocycles. The Morgan fingerprint density at radius 1 is 1.38 bits per heavy atom. The number of carbonyl (C=O) groups is 1. The van der Waals surface area contributed by atoms with Crippen molar-refractivity contribution in [1.82, 2.24) is 5.32 Å². The molecule has 0 aromatic carbocycles. The number of unbranched alkanes of at least 4 members (excludes halogenated alkanes) is 2. The van der Waals surface area contributed by atoms with Crippen LogP contribution in [0.2, 0.25) is 0 Å². The third kappa shape index (κ3) is 4.67. The molecule has 16 heavy (non-hydrogen) atoms. The summed E-state index contributed by atoms with van der Waals surface area (Å²) >= 11 is 0. The Morgan fingerprint density at radius 2 is 2.12 bits per heavy atom. The van der Waals surface area contributed by atoms with E-state index in [9.17, 15) is 4.79 Å². The van der Waals surface area contributed by atoms with Crippen molar-refractivity contribution in [3.63, 3.8) is 0 Å². The molecule has 3 heteroatoms. The van der Waals surface area contributed by atoms with Crippen LogP contribution in [0.4, 0.5) is 0 Å². The first-order valence-electron chi connectivity index (χ1n) is 6.22. The highest BCUT2D eigenvalue weighted by Crippen LogP contribution is 2.17. The normalized spacial score (nSPS) is 24.8. The summed E-state index contributed by atoms with van der Waals surface area (Å²) < 4.78 is 0. The molecule has 0 aromatic heterocycles. The van der Waals surface area contributed by atoms with E-state index in [0.717, 1.165) is 32.1 Å². The molecule has 1 fully saturated rings. The number of hydrogen-bond donors (Lipinski definition) is 2. The minimum absolute atomic E-state index is 0.124. The maximum atomic E-state index is 11.6. The SMILES string of the molecule is C#CCCCCC(=O)NC1CCCCC1N. The fourth-order valence-electron chi connectivity index (χ4n) is 2.13. The highest BCUT2D eigenvalue weighted by Gasteiger charge is 2.22. The average Bonchev–Trinajstić information content (AvgIpc) is 2.28. The van der Waals surface area contributed by atoms with Gasteiger partial charge in [-0.05, 0) is 25.7 Å². The summed E-state index contributed by atoms with van der Waals surface area (Å²) in [4.78, 5) is 11.6. The molecule has 1 aliphatic rings. The van der Waals surface area contributed by atoms with Crippen LogP contribution >= 0.6 is 0 Å². The lowest BCUT2D eigenvalue weighted by atomic mass is 9.91. The Labute approximate surface area is 98.2 Å². The molecule has 1 amide bonds. The third-order valence-corrected chi connectivity index (χ3v) is 3.14. The van der Waals surface area contributed by atoms with E-state index in [1.165, 1.54) is 12.8 Å². The highest BCUT2D eigenvalue weighted by molar-refractivity contribution is 5.76. The summed E-state index contributed by atoms with van der Waals surface area (Å²) in [5.74, 6) is 2.70. The lowest BCUT2D eigenvalue weighted by molar-refractivity contribution is -0.122. The smallest absolute Gasteiger partial charge is 0.220 e. The van der Waals surface area contributed by atoms with E-state index in [0.29, 0.717) is 6.42 Å². The second kappa shape index (κ2) is 7.29. The molecule has 0 aromatic rings. The van der Waals surface area contributed by atoms with Crippen LogP contribution < -0.4 is 11.1 Å². The van der Waals surface area contributed by atoms with Crippen LogP contribution in [0.5, 0.6) is 0 Å². The number of hydrogen-bond acceptors (Lipinski definition) is 2. The maximum Gasteiger partial charge on any atom is 0.220 e. The van der Waals surface area contributed by atoms with E-state index < -0.39 is 0 Å². The van der Waals surface area contributed by atoms with Gasteiger partial charge >= 0.3 is 0 Å². The first-order chi connectivity index (χ1) is 7.74. The van der Waals surface area contributed by atoms with Gasteiger partial charge in [-0.3, -0.25) is 4.79 Å². The largest absolute Gasteiger partial charge is 0.352 e. The van der Waals surface area contributed by atoms with Crippen molar-refractivity contribution in [3.05, 3.63) is 0 Å². The molecule has 0 bridgehead atoms. The van der Waals surface area contributed by atoms with Crippen molar-refractivity contribution in [3.8, 4) is 12.3 Å². The fourth-order valence-corrected chi connectivity index (χ4v) is 2.13. The molecule has 3 N–H and O–H groups in total. The van der Waals surface area contributed by atoms with Crippen LogP contribution in [-0.2, 0) is 4.79 Å². The van der Waals surface area contributed by atoms with E-state index in [-0.39, 0.29) is 18.0 Å². The molecular formula is C13H22N2O. The second-order valence-electron chi connectivity index (χ2n) is 4.53. The summed E-state index contributed by atoms with van der Waals surface area (Å²) in [6.07, 6.45) is 12.7. The summed E-state index contributed by atoms with van der Waals surface area (Å²) in [6.45, 7) is 0. The van der Waals surface area contributed by atoms with Gasteiger partial charge < -0.3 is 11.1 Å². The molecule has 2 atom stereocenters. The number of rotatable bonds is 5. The summed E-state index contributed by atoms with van der Waals surface area (Å²) in [7, 11) is 0. The van der Waals surface area contributed by atoms with E-state index >= 15 is 0 Å². The van der Waals surface area contributed by atoms with Crippen molar-refractivity contribution in [2.75, 3.05) is 0 Å². The molecule has 3 nitrogen and oxygen atoms in total. The van der Waals surface area contributed by atoms with Crippen LogP contribution in [0.15, 0.2) is 0 Å². The number of terminal acetylenes is 1. The van der Waals surface area contributed by atoms with E-state index in [1.807, 2.05) is 0 Å². The van der Waals surface area contributed by atoms with Gasteiger partial charge in [0, 0.05) is 24.9 Å². The average molecular weight is 222 g/mol. The zero-order chi connectivity index (χ0) is 11.8. The first-order valence-corrected chi connectivity index (χ1v) is 6.22. The minimum atomic E-state index is 0.124. The van der Waals surface area contributed by atoms with Crippen LogP contribution in [0.1, 0.15) is 51.4 Å². The number of carbonyl (C=O) groups excluding carboxylic acids is 1. The second-order valence-corrected chi connectivity index (χ2v) is 4.53. The predicted octanol–water partition coefficient (Wildman–Crippen LogP) is 1.57. The highest BCUT2D eigenvalue weighted by atomic mass is 16.1. The molecule has 0 aliphatic heterocycles. The summed E-state index contributed by atoms with van der Waals surface area (Å²) in [5.41, 5.74) is 5.96. The number of nitrogens with two attached hydrogens (primary N) is 1. The predicted molar refractivity (Wildman–Crippen MR) is 65.7 cm³/mol. The molecule has 1 aliphatic carbocycles. The van der Waals surface area contributed by atoms with E-state index in [1.54, 1.807) is 0 Å². The molecule has 0 heterocycles. The minimum Gasteiger partial charge on any atom is -0.352 e. The lowest BCUT2D eigenvalue weighted by Gasteiger charge is -2.29. The van der Waals surface area contributed by atoms with Gasteiger partial charge in [0.25, 0.3) is 0 Å². The van der Waals surface area contributed by atoms with Gasteiger partial charge in [0.05, 0.1) is 0 Å². The van der Waals surface area contributed by atoms with Gasteiger partial charge in [-0.25, -0.2) is 0 Å². The van der Waals surface area contributed by atoms with Crippen molar-refractivity contribution < 1.29 is 4.79 Å². The van der Waals surface area contributed by atoms with Gasteiger partial charge in [0.2, 0.25) is 5.91 Å². The van der Waals surface area contributed by atoms with Crippen molar-refractivity contribution in [2.24, 2.45) is 5.73 Å². The van der Waals surface area contributed by atoms with Crippen molar-refractivity contribution >= 4 is 5.91 Å². The van der Waals surface area contributed by atoms with Crippen LogP contribution in [0.25, 0.3) is 0 Å². The van der Waals surface area contributed by atoms with Crippen molar-refractivity contribution in [2.45, 2.75) is 63.5 Å². The molecule has 0 radical (unpaired) electrons. The van der Waals surface area contributed by atoms with E-state index in [4.69, 9.17) is 12.2 Å². The quantitative estimate of drug-likeness (QED) is 0.548. The monoisotopic (exact) mass is 222 g/mol. The Bertz CT molecular complexity index is 257.